The topological polar surface area (TPSA) is 55.5 Å². The maximum atomic E-state index is 9.73. The van der Waals surface area contributed by atoms with Crippen molar-refractivity contribution in [3.05, 3.63) is 29.8 Å². The zero-order valence-electron chi connectivity index (χ0n) is 12.7. The second kappa shape index (κ2) is 6.07. The summed E-state index contributed by atoms with van der Waals surface area (Å²) in [4.78, 5) is 0. The molecule has 0 fully saturated rings. The standard InChI is InChI=1S/C15H27NO2Si/c1-15(2,3)19(4,5)18-11-13(16)10-12-8-6-7-9-14(12)17/h6-9,13,17H,10-11,16H2,1-5H3. The smallest absolute Gasteiger partial charge is 0.192 e. The minimum Gasteiger partial charge on any atom is -0.508 e. The molecular formula is C15H27NO2Si. The highest BCUT2D eigenvalue weighted by atomic mass is 28.4. The molecule has 0 bridgehead atoms. The van der Waals surface area contributed by atoms with Crippen molar-refractivity contribution in [3.63, 3.8) is 0 Å². The van der Waals surface area contributed by atoms with E-state index < -0.39 is 8.32 Å². The van der Waals surface area contributed by atoms with Gasteiger partial charge >= 0.3 is 0 Å². The molecule has 3 N–H and O–H groups in total. The van der Waals surface area contributed by atoms with Crippen molar-refractivity contribution in [2.45, 2.75) is 51.4 Å². The summed E-state index contributed by atoms with van der Waals surface area (Å²) in [6.07, 6.45) is 0.640. The highest BCUT2D eigenvalue weighted by Crippen LogP contribution is 2.36. The Hall–Kier alpha value is -0.843. The maximum absolute atomic E-state index is 9.73. The monoisotopic (exact) mass is 281 g/mol. The number of hydrogen-bond acceptors (Lipinski definition) is 3. The van der Waals surface area contributed by atoms with E-state index in [9.17, 15) is 5.11 Å². The molecule has 1 unspecified atom stereocenters. The molecule has 3 nitrogen and oxygen atoms in total. The van der Waals surface area contributed by atoms with Crippen LogP contribution in [-0.2, 0) is 10.8 Å². The summed E-state index contributed by atoms with van der Waals surface area (Å²) in [6.45, 7) is 11.6. The first-order valence-electron chi connectivity index (χ1n) is 6.80. The molecule has 0 amide bonds. The fourth-order valence-electron chi connectivity index (χ4n) is 1.56. The molecule has 108 valence electrons. The van der Waals surface area contributed by atoms with Gasteiger partial charge < -0.3 is 15.3 Å². The van der Waals surface area contributed by atoms with E-state index in [0.29, 0.717) is 18.8 Å². The normalized spacial score (nSPS) is 14.4. The Kier molecular flexibility index (Phi) is 5.18. The van der Waals surface area contributed by atoms with Crippen LogP contribution in [0.1, 0.15) is 26.3 Å². The lowest BCUT2D eigenvalue weighted by atomic mass is 10.1. The van der Waals surface area contributed by atoms with Crippen LogP contribution in [0, 0.1) is 0 Å². The highest BCUT2D eigenvalue weighted by Gasteiger charge is 2.37. The molecule has 0 radical (unpaired) electrons. The van der Waals surface area contributed by atoms with Crippen LogP contribution in [0.15, 0.2) is 24.3 Å². The van der Waals surface area contributed by atoms with E-state index in [-0.39, 0.29) is 11.1 Å². The first-order valence-corrected chi connectivity index (χ1v) is 9.71. The van der Waals surface area contributed by atoms with Crippen LogP contribution in [0.3, 0.4) is 0 Å². The van der Waals surface area contributed by atoms with E-state index in [1.165, 1.54) is 0 Å². The molecule has 0 heterocycles. The second-order valence-corrected chi connectivity index (χ2v) is 11.5. The summed E-state index contributed by atoms with van der Waals surface area (Å²) in [7, 11) is -1.74. The predicted molar refractivity (Wildman–Crippen MR) is 82.9 cm³/mol. The van der Waals surface area contributed by atoms with Crippen molar-refractivity contribution < 1.29 is 9.53 Å². The Morgan fingerprint density at radius 1 is 1.26 bits per heavy atom. The second-order valence-electron chi connectivity index (χ2n) is 6.66. The summed E-state index contributed by atoms with van der Waals surface area (Å²) < 4.78 is 6.10. The third kappa shape index (κ3) is 4.64. The van der Waals surface area contributed by atoms with Gasteiger partial charge in [0.25, 0.3) is 0 Å². The Bertz CT molecular complexity index is 413. The van der Waals surface area contributed by atoms with Crippen LogP contribution in [-0.4, -0.2) is 26.1 Å². The molecule has 4 heteroatoms. The van der Waals surface area contributed by atoms with Gasteiger partial charge in [0.15, 0.2) is 8.32 Å². The molecule has 0 aliphatic rings. The van der Waals surface area contributed by atoms with Gasteiger partial charge in [-0.05, 0) is 36.2 Å². The lowest BCUT2D eigenvalue weighted by molar-refractivity contribution is 0.261. The van der Waals surface area contributed by atoms with Gasteiger partial charge in [0, 0.05) is 12.6 Å². The Morgan fingerprint density at radius 2 is 1.84 bits per heavy atom. The number of rotatable bonds is 5. The molecule has 1 atom stereocenters. The minimum atomic E-state index is -1.74. The number of hydrogen-bond donors (Lipinski definition) is 2. The van der Waals surface area contributed by atoms with Gasteiger partial charge in [0.05, 0.1) is 0 Å². The maximum Gasteiger partial charge on any atom is 0.192 e. The van der Waals surface area contributed by atoms with Crippen molar-refractivity contribution in [2.24, 2.45) is 5.73 Å². The van der Waals surface area contributed by atoms with E-state index in [4.69, 9.17) is 10.2 Å². The molecule has 19 heavy (non-hydrogen) atoms. The lowest BCUT2D eigenvalue weighted by Crippen LogP contribution is -2.44. The first-order chi connectivity index (χ1) is 8.63. The van der Waals surface area contributed by atoms with Crippen LogP contribution < -0.4 is 5.73 Å². The van der Waals surface area contributed by atoms with E-state index in [2.05, 4.69) is 33.9 Å². The van der Waals surface area contributed by atoms with E-state index in [1.807, 2.05) is 18.2 Å². The quantitative estimate of drug-likeness (QED) is 0.814. The molecule has 0 aliphatic heterocycles. The zero-order chi connectivity index (χ0) is 14.7. The number of para-hydroxylation sites is 1. The van der Waals surface area contributed by atoms with E-state index >= 15 is 0 Å². The van der Waals surface area contributed by atoms with Gasteiger partial charge in [-0.25, -0.2) is 0 Å². The van der Waals surface area contributed by atoms with Gasteiger partial charge in [-0.2, -0.15) is 0 Å². The third-order valence-electron chi connectivity index (χ3n) is 3.94. The minimum absolute atomic E-state index is 0.0811. The van der Waals surface area contributed by atoms with Crippen LogP contribution in [0.25, 0.3) is 0 Å². The first kappa shape index (κ1) is 16.2. The number of phenols is 1. The largest absolute Gasteiger partial charge is 0.508 e. The molecular weight excluding hydrogens is 254 g/mol. The number of nitrogens with two attached hydrogens (primary N) is 1. The SMILES string of the molecule is CC(C)(C)[Si](C)(C)OCC(N)Cc1ccccc1O. The molecule has 1 rings (SSSR count). The molecule has 0 saturated heterocycles. The summed E-state index contributed by atoms with van der Waals surface area (Å²) >= 11 is 0. The molecule has 0 spiro atoms. The number of phenolic OH excluding ortho intramolecular Hbond substituents is 1. The molecule has 1 aromatic carbocycles. The average Bonchev–Trinajstić information content (AvgIpc) is 2.28. The van der Waals surface area contributed by atoms with Gasteiger partial charge in [-0.3, -0.25) is 0 Å². The Balaban J connectivity index is 2.53. The number of benzene rings is 1. The van der Waals surface area contributed by atoms with E-state index in [1.54, 1.807) is 6.07 Å². The summed E-state index contributed by atoms with van der Waals surface area (Å²) in [5, 5.41) is 9.93. The van der Waals surface area contributed by atoms with Crippen molar-refractivity contribution in [3.8, 4) is 5.75 Å². The van der Waals surface area contributed by atoms with Crippen molar-refractivity contribution in [1.29, 1.82) is 0 Å². The van der Waals surface area contributed by atoms with Gasteiger partial charge in [-0.1, -0.05) is 39.0 Å². The molecule has 0 aromatic heterocycles. The summed E-state index contributed by atoms with van der Waals surface area (Å²) in [5.74, 6) is 0.310. The van der Waals surface area contributed by atoms with Crippen molar-refractivity contribution >= 4 is 8.32 Å². The predicted octanol–water partition coefficient (Wildman–Crippen LogP) is 3.28. The van der Waals surface area contributed by atoms with Gasteiger partial charge in [-0.15, -0.1) is 0 Å². The molecule has 1 aromatic rings. The Labute approximate surface area is 117 Å². The highest BCUT2D eigenvalue weighted by molar-refractivity contribution is 6.74. The summed E-state index contributed by atoms with van der Waals surface area (Å²) in [5.41, 5.74) is 6.99. The summed E-state index contributed by atoms with van der Waals surface area (Å²) in [6, 6.07) is 7.24. The lowest BCUT2D eigenvalue weighted by Gasteiger charge is -2.37. The van der Waals surface area contributed by atoms with Crippen LogP contribution in [0.2, 0.25) is 18.1 Å². The van der Waals surface area contributed by atoms with Gasteiger partial charge in [0.2, 0.25) is 0 Å². The van der Waals surface area contributed by atoms with Gasteiger partial charge in [0.1, 0.15) is 5.75 Å². The van der Waals surface area contributed by atoms with E-state index in [0.717, 1.165) is 5.56 Å². The Morgan fingerprint density at radius 3 is 2.37 bits per heavy atom. The van der Waals surface area contributed by atoms with Crippen LogP contribution >= 0.6 is 0 Å². The fourth-order valence-corrected chi connectivity index (χ4v) is 2.62. The van der Waals surface area contributed by atoms with Crippen LogP contribution in [0.5, 0.6) is 5.75 Å². The fraction of sp³-hybridized carbons (Fsp3) is 0.600. The molecule has 0 aliphatic carbocycles. The third-order valence-corrected chi connectivity index (χ3v) is 8.44. The average molecular weight is 281 g/mol. The zero-order valence-corrected chi connectivity index (χ0v) is 13.7. The van der Waals surface area contributed by atoms with Crippen LogP contribution in [0.4, 0.5) is 0 Å². The molecule has 0 saturated carbocycles. The van der Waals surface area contributed by atoms with Crippen molar-refractivity contribution in [1.82, 2.24) is 0 Å². The number of aromatic hydroxyl groups is 1. The van der Waals surface area contributed by atoms with Crippen molar-refractivity contribution in [2.75, 3.05) is 6.61 Å².